The number of nitrogens with one attached hydrogen (secondary N) is 1. The Balaban J connectivity index is 1.88. The van der Waals surface area contributed by atoms with Crippen molar-refractivity contribution in [2.24, 2.45) is 0 Å². The SMILES string of the molecule is CCNC1CCCN(C(C)C(=O)N2CCCCCC2)C1. The highest BCUT2D eigenvalue weighted by molar-refractivity contribution is 5.81. The summed E-state index contributed by atoms with van der Waals surface area (Å²) in [6.07, 6.45) is 7.37. The average molecular weight is 281 g/mol. The molecule has 0 bridgehead atoms. The molecule has 1 N–H and O–H groups in total. The molecule has 0 aromatic rings. The summed E-state index contributed by atoms with van der Waals surface area (Å²) in [6, 6.07) is 0.614. The van der Waals surface area contributed by atoms with Crippen LogP contribution >= 0.6 is 0 Å². The molecule has 2 aliphatic heterocycles. The lowest BCUT2D eigenvalue weighted by Crippen LogP contribution is -2.54. The maximum Gasteiger partial charge on any atom is 0.239 e. The Morgan fingerprint density at radius 1 is 1.15 bits per heavy atom. The molecule has 2 rings (SSSR count). The third-order valence-corrected chi connectivity index (χ3v) is 4.77. The van der Waals surface area contributed by atoms with E-state index in [0.29, 0.717) is 11.9 Å². The number of carbonyl (C=O) groups excluding carboxylic acids is 1. The smallest absolute Gasteiger partial charge is 0.239 e. The van der Waals surface area contributed by atoms with Gasteiger partial charge in [-0.15, -0.1) is 0 Å². The molecule has 2 atom stereocenters. The Bertz CT molecular complexity index is 298. The third kappa shape index (κ3) is 4.19. The van der Waals surface area contributed by atoms with Gasteiger partial charge in [-0.3, -0.25) is 9.69 Å². The average Bonchev–Trinajstić information content (AvgIpc) is 2.75. The summed E-state index contributed by atoms with van der Waals surface area (Å²) in [7, 11) is 0. The topological polar surface area (TPSA) is 35.6 Å². The van der Waals surface area contributed by atoms with Crippen LogP contribution in [0.2, 0.25) is 0 Å². The van der Waals surface area contributed by atoms with Crippen LogP contribution in [0.15, 0.2) is 0 Å². The van der Waals surface area contributed by atoms with Crippen LogP contribution in [0.25, 0.3) is 0 Å². The minimum absolute atomic E-state index is 0.0505. The van der Waals surface area contributed by atoms with Crippen LogP contribution < -0.4 is 5.32 Å². The van der Waals surface area contributed by atoms with Gasteiger partial charge in [0.1, 0.15) is 0 Å². The molecule has 0 aromatic carbocycles. The molecule has 2 fully saturated rings. The number of piperidine rings is 1. The standard InChI is InChI=1S/C16H31N3O/c1-3-17-15-9-8-12-19(13-15)14(2)16(20)18-10-6-4-5-7-11-18/h14-15,17H,3-13H2,1-2H3. The van der Waals surface area contributed by atoms with E-state index >= 15 is 0 Å². The van der Waals surface area contributed by atoms with E-state index in [9.17, 15) is 4.79 Å². The van der Waals surface area contributed by atoms with Gasteiger partial charge in [0, 0.05) is 25.7 Å². The van der Waals surface area contributed by atoms with Gasteiger partial charge in [0.05, 0.1) is 6.04 Å². The molecule has 2 saturated heterocycles. The zero-order valence-corrected chi connectivity index (χ0v) is 13.2. The van der Waals surface area contributed by atoms with Crippen LogP contribution in [0.3, 0.4) is 0 Å². The monoisotopic (exact) mass is 281 g/mol. The fraction of sp³-hybridized carbons (Fsp3) is 0.938. The van der Waals surface area contributed by atoms with E-state index in [4.69, 9.17) is 0 Å². The van der Waals surface area contributed by atoms with E-state index < -0.39 is 0 Å². The third-order valence-electron chi connectivity index (χ3n) is 4.77. The van der Waals surface area contributed by atoms with Gasteiger partial charge < -0.3 is 10.2 Å². The molecule has 1 amide bonds. The second kappa shape index (κ2) is 7.99. The zero-order chi connectivity index (χ0) is 14.4. The summed E-state index contributed by atoms with van der Waals surface area (Å²) in [5.74, 6) is 0.351. The molecule has 4 heteroatoms. The van der Waals surface area contributed by atoms with Gasteiger partial charge in [-0.2, -0.15) is 0 Å². The normalized spacial score (nSPS) is 27.1. The maximum atomic E-state index is 12.7. The summed E-state index contributed by atoms with van der Waals surface area (Å²) >= 11 is 0. The molecule has 0 spiro atoms. The number of hydrogen-bond acceptors (Lipinski definition) is 3. The first kappa shape index (κ1) is 15.8. The Hall–Kier alpha value is -0.610. The van der Waals surface area contributed by atoms with E-state index in [1.165, 1.54) is 38.5 Å². The molecule has 2 unspecified atom stereocenters. The van der Waals surface area contributed by atoms with Crippen molar-refractivity contribution >= 4 is 5.91 Å². The van der Waals surface area contributed by atoms with Gasteiger partial charge in [0.25, 0.3) is 0 Å². The molecule has 0 radical (unpaired) electrons. The number of likely N-dealkylation sites (tertiary alicyclic amines) is 2. The van der Waals surface area contributed by atoms with Crippen molar-refractivity contribution < 1.29 is 4.79 Å². The van der Waals surface area contributed by atoms with Crippen molar-refractivity contribution in [2.75, 3.05) is 32.7 Å². The highest BCUT2D eigenvalue weighted by atomic mass is 16.2. The van der Waals surface area contributed by atoms with Crippen molar-refractivity contribution in [1.29, 1.82) is 0 Å². The molecule has 20 heavy (non-hydrogen) atoms. The van der Waals surface area contributed by atoms with Gasteiger partial charge in [0.2, 0.25) is 5.91 Å². The van der Waals surface area contributed by atoms with Gasteiger partial charge in [-0.1, -0.05) is 19.8 Å². The molecule has 2 aliphatic rings. The summed E-state index contributed by atoms with van der Waals surface area (Å²) in [6.45, 7) is 9.30. The maximum absolute atomic E-state index is 12.7. The van der Waals surface area contributed by atoms with Crippen molar-refractivity contribution in [3.8, 4) is 0 Å². The van der Waals surface area contributed by atoms with Crippen LogP contribution in [0.5, 0.6) is 0 Å². The van der Waals surface area contributed by atoms with E-state index in [-0.39, 0.29) is 6.04 Å². The van der Waals surface area contributed by atoms with Crippen molar-refractivity contribution in [1.82, 2.24) is 15.1 Å². The second-order valence-corrected chi connectivity index (χ2v) is 6.31. The number of carbonyl (C=O) groups is 1. The Kier molecular flexibility index (Phi) is 6.30. The predicted molar refractivity (Wildman–Crippen MR) is 82.8 cm³/mol. The molecular formula is C16H31N3O. The summed E-state index contributed by atoms with van der Waals surface area (Å²) in [5, 5.41) is 3.53. The first-order valence-electron chi connectivity index (χ1n) is 8.48. The Morgan fingerprint density at radius 2 is 1.85 bits per heavy atom. The fourth-order valence-corrected chi connectivity index (χ4v) is 3.52. The highest BCUT2D eigenvalue weighted by Gasteiger charge is 2.29. The molecule has 0 aromatic heterocycles. The fourth-order valence-electron chi connectivity index (χ4n) is 3.52. The quantitative estimate of drug-likeness (QED) is 0.854. The summed E-state index contributed by atoms with van der Waals surface area (Å²) in [5.41, 5.74) is 0. The first-order valence-corrected chi connectivity index (χ1v) is 8.48. The van der Waals surface area contributed by atoms with Gasteiger partial charge in [-0.05, 0) is 45.7 Å². The Labute approximate surface area is 123 Å². The van der Waals surface area contributed by atoms with Crippen LogP contribution in [-0.2, 0) is 4.79 Å². The van der Waals surface area contributed by atoms with E-state index in [1.54, 1.807) is 0 Å². The van der Waals surface area contributed by atoms with Crippen LogP contribution in [-0.4, -0.2) is 60.5 Å². The van der Waals surface area contributed by atoms with Crippen molar-refractivity contribution in [3.05, 3.63) is 0 Å². The van der Waals surface area contributed by atoms with Gasteiger partial charge in [-0.25, -0.2) is 0 Å². The Morgan fingerprint density at radius 3 is 2.50 bits per heavy atom. The zero-order valence-electron chi connectivity index (χ0n) is 13.2. The number of hydrogen-bond donors (Lipinski definition) is 1. The lowest BCUT2D eigenvalue weighted by atomic mass is 10.0. The minimum Gasteiger partial charge on any atom is -0.341 e. The second-order valence-electron chi connectivity index (χ2n) is 6.31. The first-order chi connectivity index (χ1) is 9.72. The lowest BCUT2D eigenvalue weighted by molar-refractivity contribution is -0.136. The van der Waals surface area contributed by atoms with Crippen molar-refractivity contribution in [3.63, 3.8) is 0 Å². The summed E-state index contributed by atoms with van der Waals surface area (Å²) in [4.78, 5) is 17.2. The van der Waals surface area contributed by atoms with E-state index in [2.05, 4.69) is 29.0 Å². The predicted octanol–water partition coefficient (Wildman–Crippen LogP) is 1.85. The lowest BCUT2D eigenvalue weighted by Gasteiger charge is -2.38. The van der Waals surface area contributed by atoms with E-state index in [0.717, 1.165) is 32.7 Å². The van der Waals surface area contributed by atoms with Crippen molar-refractivity contribution in [2.45, 2.75) is 64.5 Å². The number of likely N-dealkylation sites (N-methyl/N-ethyl adjacent to an activating group) is 1. The van der Waals surface area contributed by atoms with Crippen LogP contribution in [0.1, 0.15) is 52.4 Å². The molecule has 0 aliphatic carbocycles. The summed E-state index contributed by atoms with van der Waals surface area (Å²) < 4.78 is 0. The largest absolute Gasteiger partial charge is 0.341 e. The van der Waals surface area contributed by atoms with Gasteiger partial charge in [0.15, 0.2) is 0 Å². The van der Waals surface area contributed by atoms with E-state index in [1.807, 2.05) is 0 Å². The molecule has 0 saturated carbocycles. The number of rotatable bonds is 4. The molecular weight excluding hydrogens is 250 g/mol. The molecule has 4 nitrogen and oxygen atoms in total. The van der Waals surface area contributed by atoms with Gasteiger partial charge >= 0.3 is 0 Å². The highest BCUT2D eigenvalue weighted by Crippen LogP contribution is 2.17. The van der Waals surface area contributed by atoms with Crippen LogP contribution in [0, 0.1) is 0 Å². The number of amides is 1. The minimum atomic E-state index is 0.0505. The molecule has 2 heterocycles. The number of nitrogens with zero attached hydrogens (tertiary/aromatic N) is 2. The van der Waals surface area contributed by atoms with Crippen LogP contribution in [0.4, 0.5) is 0 Å². The molecule has 116 valence electrons.